The number of methoxy groups -OCH3 is 2. The van der Waals surface area contributed by atoms with Crippen LogP contribution in [0.5, 0.6) is 11.8 Å². The Labute approximate surface area is 168 Å². The summed E-state index contributed by atoms with van der Waals surface area (Å²) in [4.78, 5) is 22.9. The Hall–Kier alpha value is -2.77. The number of nitrogens with zero attached hydrogens (tertiary/aromatic N) is 6. The Balaban J connectivity index is 1.87. The highest BCUT2D eigenvalue weighted by Gasteiger charge is 2.23. The summed E-state index contributed by atoms with van der Waals surface area (Å²) in [5.74, 6) is 4.61. The molecule has 0 amide bonds. The van der Waals surface area contributed by atoms with Gasteiger partial charge in [-0.25, -0.2) is 9.97 Å². The van der Waals surface area contributed by atoms with E-state index >= 15 is 0 Å². The number of piperazine rings is 1. The molecule has 28 heavy (non-hydrogen) atoms. The van der Waals surface area contributed by atoms with Crippen molar-refractivity contribution in [2.24, 2.45) is 0 Å². The third-order valence-electron chi connectivity index (χ3n) is 4.16. The molecule has 0 aromatic carbocycles. The van der Waals surface area contributed by atoms with Gasteiger partial charge < -0.3 is 24.6 Å². The van der Waals surface area contributed by atoms with Crippen LogP contribution in [0.3, 0.4) is 0 Å². The topological polar surface area (TPSA) is 88.5 Å². The molecule has 0 atom stereocenters. The molecule has 0 radical (unpaired) electrons. The van der Waals surface area contributed by atoms with Crippen molar-refractivity contribution in [3.8, 4) is 24.1 Å². The van der Waals surface area contributed by atoms with E-state index < -0.39 is 0 Å². The Morgan fingerprint density at radius 3 is 2.43 bits per heavy atom. The number of aromatic nitrogens is 4. The fourth-order valence-corrected chi connectivity index (χ4v) is 3.51. The summed E-state index contributed by atoms with van der Waals surface area (Å²) in [6.45, 7) is 3.99. The minimum Gasteiger partial charge on any atom is -0.480 e. The second-order valence-electron chi connectivity index (χ2n) is 6.05. The fourth-order valence-electron chi connectivity index (χ4n) is 2.63. The van der Waals surface area contributed by atoms with Crippen molar-refractivity contribution < 1.29 is 9.47 Å². The molecule has 10 heteroatoms. The van der Waals surface area contributed by atoms with Crippen molar-refractivity contribution in [2.45, 2.75) is 10.1 Å². The van der Waals surface area contributed by atoms with Crippen molar-refractivity contribution >= 4 is 23.5 Å². The van der Waals surface area contributed by atoms with Gasteiger partial charge in [0.05, 0.1) is 20.8 Å². The largest absolute Gasteiger partial charge is 0.480 e. The summed E-state index contributed by atoms with van der Waals surface area (Å²) in [6.07, 6.45) is 6.94. The van der Waals surface area contributed by atoms with Gasteiger partial charge in [-0.15, -0.1) is 6.42 Å². The Bertz CT molecular complexity index is 825. The third-order valence-corrected chi connectivity index (χ3v) is 5.10. The average molecular weight is 401 g/mol. The van der Waals surface area contributed by atoms with Crippen LogP contribution >= 0.6 is 11.8 Å². The summed E-state index contributed by atoms with van der Waals surface area (Å²) in [5, 5.41) is 3.54. The summed E-state index contributed by atoms with van der Waals surface area (Å²) < 4.78 is 11.0. The molecule has 0 saturated carbocycles. The molecular weight excluding hydrogens is 378 g/mol. The second-order valence-corrected chi connectivity index (χ2v) is 7.02. The maximum atomic E-state index is 5.52. The fraction of sp³-hybridized carbons (Fsp3) is 0.444. The summed E-state index contributed by atoms with van der Waals surface area (Å²) in [5.41, 5.74) is 0. The summed E-state index contributed by atoms with van der Waals surface area (Å²) in [6, 6.07) is 1.75. The van der Waals surface area contributed by atoms with Crippen LogP contribution in [0, 0.1) is 12.3 Å². The monoisotopic (exact) mass is 401 g/mol. The van der Waals surface area contributed by atoms with E-state index in [1.54, 1.807) is 26.5 Å². The molecule has 0 spiro atoms. The predicted octanol–water partition coefficient (Wildman–Crippen LogP) is 1.23. The van der Waals surface area contributed by atoms with Gasteiger partial charge in [-0.1, -0.05) is 5.92 Å². The number of hydrogen-bond donors (Lipinski definition) is 1. The van der Waals surface area contributed by atoms with E-state index in [2.05, 4.69) is 48.0 Å². The molecule has 3 heterocycles. The maximum Gasteiger partial charge on any atom is 0.236 e. The van der Waals surface area contributed by atoms with Gasteiger partial charge in [-0.2, -0.15) is 9.97 Å². The van der Waals surface area contributed by atoms with Crippen LogP contribution in [0.4, 0.5) is 11.8 Å². The van der Waals surface area contributed by atoms with E-state index in [9.17, 15) is 0 Å². The van der Waals surface area contributed by atoms with Gasteiger partial charge >= 0.3 is 0 Å². The Morgan fingerprint density at radius 1 is 1.14 bits per heavy atom. The van der Waals surface area contributed by atoms with E-state index in [1.165, 1.54) is 11.8 Å². The maximum absolute atomic E-state index is 5.52. The highest BCUT2D eigenvalue weighted by atomic mass is 32.2. The van der Waals surface area contributed by atoms with Crippen molar-refractivity contribution in [3.05, 3.63) is 12.3 Å². The molecule has 1 fully saturated rings. The number of anilines is 2. The zero-order chi connectivity index (χ0) is 19.9. The van der Waals surface area contributed by atoms with E-state index in [0.29, 0.717) is 40.1 Å². The molecule has 0 unspecified atom stereocenters. The average Bonchev–Trinajstić information content (AvgIpc) is 2.73. The zero-order valence-electron chi connectivity index (χ0n) is 16.2. The standard InChI is InChI=1S/C18H23N7O2S/c1-5-7-19-13-6-8-20-18(21-13)28-14-15(26-3)22-17(23-16(14)27-4)25-11-9-24(2)10-12-25/h1,6,8H,7,9-12H2,2-4H3,(H,19,20,21). The van der Waals surface area contributed by atoms with Gasteiger partial charge in [0.15, 0.2) is 5.16 Å². The molecular formula is C18H23N7O2S. The van der Waals surface area contributed by atoms with Crippen LogP contribution < -0.4 is 19.7 Å². The Kier molecular flexibility index (Phi) is 6.73. The lowest BCUT2D eigenvalue weighted by molar-refractivity contribution is 0.308. The number of ether oxygens (including phenoxy) is 2. The minimum absolute atomic E-state index is 0.386. The van der Waals surface area contributed by atoms with Gasteiger partial charge in [-0.05, 0) is 24.9 Å². The first-order chi connectivity index (χ1) is 13.6. The lowest BCUT2D eigenvalue weighted by Gasteiger charge is -2.32. The van der Waals surface area contributed by atoms with Gasteiger partial charge in [0.25, 0.3) is 0 Å². The first-order valence-corrected chi connectivity index (χ1v) is 9.58. The van der Waals surface area contributed by atoms with Crippen molar-refractivity contribution in [2.75, 3.05) is 64.2 Å². The molecule has 148 valence electrons. The molecule has 9 nitrogen and oxygen atoms in total. The Morgan fingerprint density at radius 2 is 1.82 bits per heavy atom. The number of rotatable bonds is 7. The first kappa shape index (κ1) is 20.0. The van der Waals surface area contributed by atoms with Crippen LogP contribution in [0.15, 0.2) is 22.3 Å². The quantitative estimate of drug-likeness (QED) is 0.540. The molecule has 0 bridgehead atoms. The lowest BCUT2D eigenvalue weighted by atomic mass is 10.3. The molecule has 1 N–H and O–H groups in total. The normalized spacial score (nSPS) is 14.4. The van der Waals surface area contributed by atoms with E-state index in [0.717, 1.165) is 26.2 Å². The lowest BCUT2D eigenvalue weighted by Crippen LogP contribution is -2.45. The number of hydrogen-bond acceptors (Lipinski definition) is 10. The summed E-state index contributed by atoms with van der Waals surface area (Å²) >= 11 is 1.28. The summed E-state index contributed by atoms with van der Waals surface area (Å²) in [7, 11) is 5.25. The third kappa shape index (κ3) is 4.74. The smallest absolute Gasteiger partial charge is 0.236 e. The van der Waals surface area contributed by atoms with Gasteiger partial charge in [0.1, 0.15) is 10.7 Å². The highest BCUT2D eigenvalue weighted by molar-refractivity contribution is 7.99. The number of nitrogens with one attached hydrogen (secondary N) is 1. The van der Waals surface area contributed by atoms with E-state index in [4.69, 9.17) is 15.9 Å². The molecule has 1 saturated heterocycles. The van der Waals surface area contributed by atoms with Crippen LogP contribution in [-0.2, 0) is 0 Å². The van der Waals surface area contributed by atoms with Gasteiger partial charge in [-0.3, -0.25) is 0 Å². The van der Waals surface area contributed by atoms with E-state index in [-0.39, 0.29) is 0 Å². The van der Waals surface area contributed by atoms with Crippen LogP contribution in [-0.4, -0.2) is 78.8 Å². The molecule has 3 rings (SSSR count). The van der Waals surface area contributed by atoms with Crippen LogP contribution in [0.2, 0.25) is 0 Å². The molecule has 1 aliphatic rings. The van der Waals surface area contributed by atoms with Gasteiger partial charge in [0, 0.05) is 32.4 Å². The highest BCUT2D eigenvalue weighted by Crippen LogP contribution is 2.39. The molecule has 1 aliphatic heterocycles. The number of terminal acetylenes is 1. The van der Waals surface area contributed by atoms with E-state index in [1.807, 2.05) is 0 Å². The molecule has 0 aliphatic carbocycles. The predicted molar refractivity (Wildman–Crippen MR) is 108 cm³/mol. The van der Waals surface area contributed by atoms with Crippen molar-refractivity contribution in [3.63, 3.8) is 0 Å². The molecule has 2 aromatic heterocycles. The molecule has 2 aromatic rings. The zero-order valence-corrected chi connectivity index (χ0v) is 17.0. The number of likely N-dealkylation sites (N-methyl/N-ethyl adjacent to an activating group) is 1. The van der Waals surface area contributed by atoms with Crippen molar-refractivity contribution in [1.82, 2.24) is 24.8 Å². The van der Waals surface area contributed by atoms with Crippen LogP contribution in [0.25, 0.3) is 0 Å². The van der Waals surface area contributed by atoms with Crippen molar-refractivity contribution in [1.29, 1.82) is 0 Å². The van der Waals surface area contributed by atoms with Crippen LogP contribution in [0.1, 0.15) is 0 Å². The SMILES string of the molecule is C#CCNc1ccnc(Sc2c(OC)nc(N3CCN(C)CC3)nc2OC)n1. The second kappa shape index (κ2) is 9.43. The van der Waals surface area contributed by atoms with Gasteiger partial charge in [0.2, 0.25) is 17.7 Å². The first-order valence-electron chi connectivity index (χ1n) is 8.76. The minimum atomic E-state index is 0.386.